The largest absolute Gasteiger partial charge is 0.342 e. The fraction of sp³-hybridized carbons (Fsp3) is 0.889. The number of aliphatic imine (C=N–C) groups is 1. The van der Waals surface area contributed by atoms with Gasteiger partial charge in [-0.2, -0.15) is 0 Å². The smallest absolute Gasteiger partial charge is 0.208 e. The van der Waals surface area contributed by atoms with Crippen molar-refractivity contribution in [2.45, 2.75) is 32.2 Å². The van der Waals surface area contributed by atoms with Gasteiger partial charge in [0.25, 0.3) is 0 Å². The van der Waals surface area contributed by atoms with Crippen molar-refractivity contribution in [3.63, 3.8) is 0 Å². The monoisotopic (exact) mass is 182 g/mol. The minimum absolute atomic E-state index is 0.543. The third kappa shape index (κ3) is 2.12. The Bertz CT molecular complexity index is 210. The number of hydrogen-bond acceptors (Lipinski definition) is 2. The first-order valence-corrected chi connectivity index (χ1v) is 5.09. The molecular formula is C9H18N4. The second-order valence-electron chi connectivity index (χ2n) is 4.17. The predicted molar refractivity (Wildman–Crippen MR) is 53.1 cm³/mol. The summed E-state index contributed by atoms with van der Waals surface area (Å²) in [7, 11) is 0. The second-order valence-corrected chi connectivity index (χ2v) is 4.17. The first kappa shape index (κ1) is 8.81. The Kier molecular flexibility index (Phi) is 2.40. The van der Waals surface area contributed by atoms with Crippen LogP contribution < -0.4 is 11.3 Å². The highest BCUT2D eigenvalue weighted by Crippen LogP contribution is 2.24. The lowest BCUT2D eigenvalue weighted by Gasteiger charge is -2.19. The van der Waals surface area contributed by atoms with Crippen molar-refractivity contribution in [1.82, 2.24) is 10.3 Å². The first-order chi connectivity index (χ1) is 6.29. The number of likely N-dealkylation sites (tertiary alicyclic amines) is 1. The Morgan fingerprint density at radius 3 is 2.69 bits per heavy atom. The summed E-state index contributed by atoms with van der Waals surface area (Å²) in [6.07, 6.45) is 3.72. The molecule has 2 rings (SSSR count). The van der Waals surface area contributed by atoms with Crippen LogP contribution >= 0.6 is 0 Å². The van der Waals surface area contributed by atoms with E-state index in [1.165, 1.54) is 19.3 Å². The van der Waals surface area contributed by atoms with E-state index in [9.17, 15) is 0 Å². The van der Waals surface area contributed by atoms with E-state index in [2.05, 4.69) is 22.2 Å². The van der Waals surface area contributed by atoms with Gasteiger partial charge in [-0.1, -0.05) is 6.92 Å². The molecule has 0 bridgehead atoms. The van der Waals surface area contributed by atoms with E-state index in [1.54, 1.807) is 0 Å². The van der Waals surface area contributed by atoms with E-state index in [0.717, 1.165) is 25.0 Å². The molecule has 1 saturated heterocycles. The van der Waals surface area contributed by atoms with Crippen molar-refractivity contribution in [2.24, 2.45) is 16.8 Å². The van der Waals surface area contributed by atoms with Gasteiger partial charge in [0.2, 0.25) is 5.96 Å². The molecule has 1 aliphatic carbocycles. The van der Waals surface area contributed by atoms with E-state index < -0.39 is 0 Å². The highest BCUT2D eigenvalue weighted by molar-refractivity contribution is 5.80. The summed E-state index contributed by atoms with van der Waals surface area (Å²) >= 11 is 0. The molecular weight excluding hydrogens is 164 g/mol. The van der Waals surface area contributed by atoms with Crippen LogP contribution in [0.15, 0.2) is 4.99 Å². The minimum atomic E-state index is 0.543. The highest BCUT2D eigenvalue weighted by Gasteiger charge is 2.25. The van der Waals surface area contributed by atoms with E-state index in [4.69, 9.17) is 5.84 Å². The van der Waals surface area contributed by atoms with Crippen LogP contribution in [0.5, 0.6) is 0 Å². The second kappa shape index (κ2) is 3.54. The van der Waals surface area contributed by atoms with Crippen molar-refractivity contribution in [2.75, 3.05) is 13.1 Å². The molecule has 1 saturated carbocycles. The SMILES string of the molecule is CC1CCN(C(=NC2CC2)NN)C1. The molecule has 2 aliphatic rings. The van der Waals surface area contributed by atoms with Crippen LogP contribution in [0.2, 0.25) is 0 Å². The van der Waals surface area contributed by atoms with E-state index in [0.29, 0.717) is 6.04 Å². The van der Waals surface area contributed by atoms with Crippen LogP contribution in [-0.2, 0) is 0 Å². The molecule has 0 aromatic heterocycles. The molecule has 74 valence electrons. The molecule has 0 aromatic carbocycles. The quantitative estimate of drug-likeness (QED) is 0.265. The molecule has 0 amide bonds. The third-order valence-electron chi connectivity index (χ3n) is 2.70. The van der Waals surface area contributed by atoms with Crippen LogP contribution in [0.4, 0.5) is 0 Å². The lowest BCUT2D eigenvalue weighted by atomic mass is 10.2. The van der Waals surface area contributed by atoms with Crippen molar-refractivity contribution in [3.8, 4) is 0 Å². The number of hydrogen-bond donors (Lipinski definition) is 2. The lowest BCUT2D eigenvalue weighted by Crippen LogP contribution is -2.43. The molecule has 4 heteroatoms. The van der Waals surface area contributed by atoms with Gasteiger partial charge in [-0.15, -0.1) is 0 Å². The zero-order valence-electron chi connectivity index (χ0n) is 8.16. The van der Waals surface area contributed by atoms with E-state index in [-0.39, 0.29) is 0 Å². The number of nitrogens with one attached hydrogen (secondary N) is 1. The number of rotatable bonds is 1. The van der Waals surface area contributed by atoms with Gasteiger partial charge in [0.15, 0.2) is 0 Å². The lowest BCUT2D eigenvalue weighted by molar-refractivity contribution is 0.472. The summed E-state index contributed by atoms with van der Waals surface area (Å²) in [6, 6.07) is 0.543. The maximum atomic E-state index is 5.45. The molecule has 1 heterocycles. The molecule has 2 fully saturated rings. The van der Waals surface area contributed by atoms with Gasteiger partial charge >= 0.3 is 0 Å². The maximum Gasteiger partial charge on any atom is 0.208 e. The average Bonchev–Trinajstić information content (AvgIpc) is 2.84. The molecule has 0 spiro atoms. The van der Waals surface area contributed by atoms with E-state index >= 15 is 0 Å². The van der Waals surface area contributed by atoms with Gasteiger partial charge in [0.1, 0.15) is 0 Å². The van der Waals surface area contributed by atoms with Crippen LogP contribution in [-0.4, -0.2) is 30.0 Å². The molecule has 1 atom stereocenters. The Balaban J connectivity index is 1.95. The Hall–Kier alpha value is -0.770. The molecule has 1 aliphatic heterocycles. The zero-order valence-corrected chi connectivity index (χ0v) is 8.16. The number of guanidine groups is 1. The fourth-order valence-electron chi connectivity index (χ4n) is 1.71. The van der Waals surface area contributed by atoms with Crippen LogP contribution in [0.1, 0.15) is 26.2 Å². The predicted octanol–water partition coefficient (Wildman–Crippen LogP) is 0.310. The summed E-state index contributed by atoms with van der Waals surface area (Å²) in [5.74, 6) is 7.12. The topological polar surface area (TPSA) is 53.6 Å². The maximum absolute atomic E-state index is 5.45. The summed E-state index contributed by atoms with van der Waals surface area (Å²) < 4.78 is 0. The van der Waals surface area contributed by atoms with Crippen LogP contribution in [0.25, 0.3) is 0 Å². The minimum Gasteiger partial charge on any atom is -0.342 e. The van der Waals surface area contributed by atoms with Gasteiger partial charge in [0.05, 0.1) is 6.04 Å². The van der Waals surface area contributed by atoms with E-state index in [1.807, 2.05) is 0 Å². The van der Waals surface area contributed by atoms with Crippen molar-refractivity contribution < 1.29 is 0 Å². The van der Waals surface area contributed by atoms with Crippen molar-refractivity contribution >= 4 is 5.96 Å². The van der Waals surface area contributed by atoms with Gasteiger partial charge < -0.3 is 4.90 Å². The Labute approximate surface area is 79.2 Å². The summed E-state index contributed by atoms with van der Waals surface area (Å²) in [4.78, 5) is 6.78. The number of nitrogens with two attached hydrogens (primary N) is 1. The summed E-state index contributed by atoms with van der Waals surface area (Å²) in [5.41, 5.74) is 2.71. The summed E-state index contributed by atoms with van der Waals surface area (Å²) in [5, 5.41) is 0. The fourth-order valence-corrected chi connectivity index (χ4v) is 1.71. The van der Waals surface area contributed by atoms with Gasteiger partial charge in [-0.3, -0.25) is 5.43 Å². The molecule has 3 N–H and O–H groups in total. The normalized spacial score (nSPS) is 29.5. The van der Waals surface area contributed by atoms with Gasteiger partial charge in [0, 0.05) is 13.1 Å². The third-order valence-corrected chi connectivity index (χ3v) is 2.70. The highest BCUT2D eigenvalue weighted by atomic mass is 15.4. The standard InChI is InChI=1S/C9H18N4/c1-7-4-5-13(6-7)9(12-10)11-8-2-3-8/h7-8H,2-6,10H2,1H3,(H,11,12). The van der Waals surface area contributed by atoms with Crippen molar-refractivity contribution in [1.29, 1.82) is 0 Å². The van der Waals surface area contributed by atoms with Crippen LogP contribution in [0.3, 0.4) is 0 Å². The summed E-state index contributed by atoms with van der Waals surface area (Å²) in [6.45, 7) is 4.46. The van der Waals surface area contributed by atoms with Gasteiger partial charge in [-0.25, -0.2) is 10.8 Å². The molecule has 4 nitrogen and oxygen atoms in total. The molecule has 1 unspecified atom stereocenters. The average molecular weight is 182 g/mol. The molecule has 13 heavy (non-hydrogen) atoms. The molecule has 0 aromatic rings. The first-order valence-electron chi connectivity index (χ1n) is 5.09. The van der Waals surface area contributed by atoms with Crippen molar-refractivity contribution in [3.05, 3.63) is 0 Å². The van der Waals surface area contributed by atoms with Crippen LogP contribution in [0, 0.1) is 5.92 Å². The number of hydrazine groups is 1. The number of nitrogens with zero attached hydrogens (tertiary/aromatic N) is 2. The van der Waals surface area contributed by atoms with Gasteiger partial charge in [-0.05, 0) is 25.2 Å². The Morgan fingerprint density at radius 2 is 2.23 bits per heavy atom. The zero-order chi connectivity index (χ0) is 9.26. The Morgan fingerprint density at radius 1 is 1.46 bits per heavy atom. The molecule has 0 radical (unpaired) electrons.